The maximum absolute atomic E-state index is 15.3. The molecule has 1 heterocycles. The number of rotatable bonds is 4. The standard InChI is InChI=1S/C24H16FN3/c25-23-22(27-20-13-11-17(16-26)12-14-20)15-21(18-7-3-1-4-8-18)28-24(23)19-9-5-2-6-10-19/h1-15H,(H,27,28). The summed E-state index contributed by atoms with van der Waals surface area (Å²) in [5, 5.41) is 12.1. The summed E-state index contributed by atoms with van der Waals surface area (Å²) in [6.45, 7) is 0. The first-order valence-electron chi connectivity index (χ1n) is 8.83. The fraction of sp³-hybridized carbons (Fsp3) is 0. The van der Waals surface area contributed by atoms with E-state index in [4.69, 9.17) is 5.26 Å². The SMILES string of the molecule is N#Cc1ccc(Nc2cc(-c3ccccc3)nc(-c3ccccc3)c2F)cc1. The Kier molecular flexibility index (Phi) is 4.81. The molecule has 0 aliphatic carbocycles. The lowest BCUT2D eigenvalue weighted by atomic mass is 10.1. The molecule has 3 nitrogen and oxygen atoms in total. The van der Waals surface area contributed by atoms with Gasteiger partial charge < -0.3 is 5.32 Å². The summed E-state index contributed by atoms with van der Waals surface area (Å²) in [7, 11) is 0. The molecule has 0 aliphatic rings. The molecule has 0 fully saturated rings. The van der Waals surface area contributed by atoms with Crippen LogP contribution in [0.1, 0.15) is 5.56 Å². The van der Waals surface area contributed by atoms with Crippen LogP contribution < -0.4 is 5.32 Å². The van der Waals surface area contributed by atoms with Gasteiger partial charge in [0.15, 0.2) is 5.82 Å². The lowest BCUT2D eigenvalue weighted by Crippen LogP contribution is -2.00. The first-order chi connectivity index (χ1) is 13.7. The van der Waals surface area contributed by atoms with E-state index in [0.717, 1.165) is 5.56 Å². The van der Waals surface area contributed by atoms with Gasteiger partial charge in [-0.25, -0.2) is 9.37 Å². The van der Waals surface area contributed by atoms with Crippen LogP contribution in [0, 0.1) is 17.1 Å². The highest BCUT2D eigenvalue weighted by atomic mass is 19.1. The highest BCUT2D eigenvalue weighted by Gasteiger charge is 2.15. The van der Waals surface area contributed by atoms with Crippen LogP contribution in [-0.2, 0) is 0 Å². The number of benzene rings is 3. The van der Waals surface area contributed by atoms with Gasteiger partial charge in [-0.3, -0.25) is 0 Å². The summed E-state index contributed by atoms with van der Waals surface area (Å²) in [6, 6.07) is 29.6. The Hall–Kier alpha value is -3.97. The molecule has 0 saturated carbocycles. The minimum Gasteiger partial charge on any atom is -0.353 e. The average molecular weight is 365 g/mol. The topological polar surface area (TPSA) is 48.7 Å². The Balaban J connectivity index is 1.83. The van der Waals surface area contributed by atoms with Crippen molar-refractivity contribution in [1.29, 1.82) is 5.26 Å². The highest BCUT2D eigenvalue weighted by molar-refractivity contribution is 5.75. The summed E-state index contributed by atoms with van der Waals surface area (Å²) in [4.78, 5) is 4.58. The lowest BCUT2D eigenvalue weighted by molar-refractivity contribution is 0.630. The molecule has 1 aromatic heterocycles. The van der Waals surface area contributed by atoms with Gasteiger partial charge >= 0.3 is 0 Å². The van der Waals surface area contributed by atoms with Gasteiger partial charge in [-0.1, -0.05) is 60.7 Å². The van der Waals surface area contributed by atoms with E-state index in [-0.39, 0.29) is 5.69 Å². The second-order valence-electron chi connectivity index (χ2n) is 6.26. The third-order valence-electron chi connectivity index (χ3n) is 4.37. The number of nitrogens with one attached hydrogen (secondary N) is 1. The normalized spacial score (nSPS) is 10.3. The first kappa shape index (κ1) is 17.4. The number of nitriles is 1. The molecule has 0 unspecified atom stereocenters. The van der Waals surface area contributed by atoms with Gasteiger partial charge in [0, 0.05) is 16.8 Å². The van der Waals surface area contributed by atoms with E-state index in [2.05, 4.69) is 16.4 Å². The maximum atomic E-state index is 15.3. The first-order valence-corrected chi connectivity index (χ1v) is 8.83. The third-order valence-corrected chi connectivity index (χ3v) is 4.37. The van der Waals surface area contributed by atoms with Gasteiger partial charge in [0.05, 0.1) is 23.0 Å². The summed E-state index contributed by atoms with van der Waals surface area (Å²) in [5.74, 6) is -0.421. The summed E-state index contributed by atoms with van der Waals surface area (Å²) < 4.78 is 15.3. The number of aromatic nitrogens is 1. The smallest absolute Gasteiger partial charge is 0.172 e. The van der Waals surface area contributed by atoms with Crippen molar-refractivity contribution in [3.05, 3.63) is 102 Å². The minimum absolute atomic E-state index is 0.290. The molecule has 28 heavy (non-hydrogen) atoms. The predicted octanol–water partition coefficient (Wildman–Crippen LogP) is 6.17. The van der Waals surface area contributed by atoms with Gasteiger partial charge in [-0.15, -0.1) is 0 Å². The second kappa shape index (κ2) is 7.73. The van der Waals surface area contributed by atoms with Crippen molar-refractivity contribution in [3.8, 4) is 28.6 Å². The van der Waals surface area contributed by atoms with Gasteiger partial charge in [0.2, 0.25) is 0 Å². The van der Waals surface area contributed by atoms with Crippen molar-refractivity contribution in [1.82, 2.24) is 4.98 Å². The van der Waals surface area contributed by atoms with Gasteiger partial charge in [0.1, 0.15) is 5.69 Å². The molecular weight excluding hydrogens is 349 g/mol. The number of hydrogen-bond donors (Lipinski definition) is 1. The van der Waals surface area contributed by atoms with Crippen molar-refractivity contribution in [2.24, 2.45) is 0 Å². The Morgan fingerprint density at radius 3 is 2.00 bits per heavy atom. The van der Waals surface area contributed by atoms with Crippen molar-refractivity contribution in [2.45, 2.75) is 0 Å². The predicted molar refractivity (Wildman–Crippen MR) is 110 cm³/mol. The molecular formula is C24H16FN3. The van der Waals surface area contributed by atoms with Crippen LogP contribution in [-0.4, -0.2) is 4.98 Å². The lowest BCUT2D eigenvalue weighted by Gasteiger charge is -2.13. The number of halogens is 1. The van der Waals surface area contributed by atoms with E-state index < -0.39 is 5.82 Å². The highest BCUT2D eigenvalue weighted by Crippen LogP contribution is 2.32. The third kappa shape index (κ3) is 3.60. The molecule has 0 saturated heterocycles. The fourth-order valence-corrected chi connectivity index (χ4v) is 2.95. The summed E-state index contributed by atoms with van der Waals surface area (Å²) in [6.07, 6.45) is 0. The van der Waals surface area contributed by atoms with Crippen LogP contribution in [0.15, 0.2) is 91.0 Å². The molecule has 0 aliphatic heterocycles. The van der Waals surface area contributed by atoms with E-state index in [1.807, 2.05) is 60.7 Å². The Morgan fingerprint density at radius 1 is 0.786 bits per heavy atom. The minimum atomic E-state index is -0.421. The van der Waals surface area contributed by atoms with Crippen molar-refractivity contribution in [2.75, 3.05) is 5.32 Å². The van der Waals surface area contributed by atoms with E-state index in [9.17, 15) is 0 Å². The molecule has 0 amide bonds. The zero-order valence-electron chi connectivity index (χ0n) is 14.9. The number of hydrogen-bond acceptors (Lipinski definition) is 3. The molecule has 3 aromatic carbocycles. The van der Waals surface area contributed by atoms with Gasteiger partial charge in [-0.05, 0) is 30.3 Å². The molecule has 4 heteroatoms. The Bertz CT molecular complexity index is 1130. The zero-order valence-corrected chi connectivity index (χ0v) is 14.9. The quantitative estimate of drug-likeness (QED) is 0.470. The van der Waals surface area contributed by atoms with Crippen molar-refractivity contribution in [3.63, 3.8) is 0 Å². The van der Waals surface area contributed by atoms with E-state index in [1.165, 1.54) is 0 Å². The largest absolute Gasteiger partial charge is 0.353 e. The van der Waals surface area contributed by atoms with Crippen LogP contribution in [0.2, 0.25) is 0 Å². The van der Waals surface area contributed by atoms with E-state index in [0.29, 0.717) is 28.2 Å². The number of anilines is 2. The Morgan fingerprint density at radius 2 is 1.39 bits per heavy atom. The van der Waals surface area contributed by atoms with Crippen LogP contribution in [0.25, 0.3) is 22.5 Å². The molecule has 4 rings (SSSR count). The maximum Gasteiger partial charge on any atom is 0.172 e. The van der Waals surface area contributed by atoms with Crippen LogP contribution in [0.5, 0.6) is 0 Å². The average Bonchev–Trinajstić information content (AvgIpc) is 2.77. The second-order valence-corrected chi connectivity index (χ2v) is 6.26. The monoisotopic (exact) mass is 365 g/mol. The van der Waals surface area contributed by atoms with E-state index in [1.54, 1.807) is 30.3 Å². The summed E-state index contributed by atoms with van der Waals surface area (Å²) in [5.41, 5.74) is 4.16. The molecule has 0 bridgehead atoms. The van der Waals surface area contributed by atoms with Crippen LogP contribution in [0.3, 0.4) is 0 Å². The number of pyridine rings is 1. The molecule has 134 valence electrons. The molecule has 4 aromatic rings. The molecule has 1 N–H and O–H groups in total. The van der Waals surface area contributed by atoms with Crippen molar-refractivity contribution < 1.29 is 4.39 Å². The molecule has 0 atom stereocenters. The van der Waals surface area contributed by atoms with Crippen LogP contribution >= 0.6 is 0 Å². The fourth-order valence-electron chi connectivity index (χ4n) is 2.95. The van der Waals surface area contributed by atoms with E-state index >= 15 is 4.39 Å². The van der Waals surface area contributed by atoms with Crippen molar-refractivity contribution >= 4 is 11.4 Å². The van der Waals surface area contributed by atoms with Gasteiger partial charge in [-0.2, -0.15) is 5.26 Å². The Labute approximate surface area is 162 Å². The molecule has 0 radical (unpaired) electrons. The van der Waals surface area contributed by atoms with Crippen LogP contribution in [0.4, 0.5) is 15.8 Å². The molecule has 0 spiro atoms. The summed E-state index contributed by atoms with van der Waals surface area (Å²) >= 11 is 0. The number of nitrogens with zero attached hydrogens (tertiary/aromatic N) is 2. The van der Waals surface area contributed by atoms with Gasteiger partial charge in [0.25, 0.3) is 0 Å². The zero-order chi connectivity index (χ0) is 19.3.